The molecule has 1 aromatic carbocycles. The van der Waals surface area contributed by atoms with Crippen molar-refractivity contribution in [3.63, 3.8) is 0 Å². The van der Waals surface area contributed by atoms with Gasteiger partial charge in [0.05, 0.1) is 0 Å². The van der Waals surface area contributed by atoms with E-state index in [0.717, 1.165) is 6.07 Å². The molecule has 0 atom stereocenters. The molecule has 17 heavy (non-hydrogen) atoms. The number of amides is 1. The molecule has 1 aromatic rings. The van der Waals surface area contributed by atoms with Crippen molar-refractivity contribution in [1.82, 2.24) is 0 Å². The monoisotopic (exact) mass is 257 g/mol. The molecule has 1 rings (SSSR count). The summed E-state index contributed by atoms with van der Waals surface area (Å²) in [5.74, 6) is -9.85. The van der Waals surface area contributed by atoms with Crippen molar-refractivity contribution in [3.05, 3.63) is 29.8 Å². The lowest BCUT2D eigenvalue weighted by molar-refractivity contribution is -0.163. The van der Waals surface area contributed by atoms with E-state index in [1.165, 1.54) is 5.32 Å². The average molecular weight is 257 g/mol. The van der Waals surface area contributed by atoms with Gasteiger partial charge in [-0.3, -0.25) is 4.79 Å². The summed E-state index contributed by atoms with van der Waals surface area (Å²) in [6.45, 7) is 0. The quantitative estimate of drug-likeness (QED) is 0.829. The second-order valence-electron chi connectivity index (χ2n) is 3.01. The maximum atomic E-state index is 12.6. The Kier molecular flexibility index (Phi) is 3.64. The fraction of sp³-hybridized carbons (Fsp3) is 0.222. The van der Waals surface area contributed by atoms with Gasteiger partial charge in [-0.25, -0.2) is 17.6 Å². The minimum Gasteiger partial charge on any atom is -0.321 e. The predicted octanol–water partition coefficient (Wildman–Crippen LogP) is 2.80. The molecule has 0 radical (unpaired) electrons. The predicted molar refractivity (Wildman–Crippen MR) is 45.9 cm³/mol. The van der Waals surface area contributed by atoms with Crippen LogP contribution in [-0.2, 0) is 4.79 Å². The molecule has 0 bridgehead atoms. The minimum atomic E-state index is -4.90. The molecule has 94 valence electrons. The fourth-order valence-corrected chi connectivity index (χ4v) is 0.887. The van der Waals surface area contributed by atoms with E-state index in [0.29, 0.717) is 12.1 Å². The standard InChI is InChI=1S/C9H5F6NO/c10-5-2-1-4(3-6(5)11)16-8(17)9(14,15)7(12)13/h1-3,7H,(H,16,17). The molecule has 0 heterocycles. The number of carbonyl (C=O) groups is 1. The van der Waals surface area contributed by atoms with Crippen molar-refractivity contribution >= 4 is 11.6 Å². The van der Waals surface area contributed by atoms with E-state index in [1.807, 2.05) is 0 Å². The van der Waals surface area contributed by atoms with Crippen LogP contribution in [0.15, 0.2) is 18.2 Å². The van der Waals surface area contributed by atoms with E-state index in [-0.39, 0.29) is 0 Å². The summed E-state index contributed by atoms with van der Waals surface area (Å²) in [6.07, 6.45) is -4.19. The van der Waals surface area contributed by atoms with Crippen molar-refractivity contribution in [1.29, 1.82) is 0 Å². The summed E-state index contributed by atoms with van der Waals surface area (Å²) in [7, 11) is 0. The maximum absolute atomic E-state index is 12.6. The number of alkyl halides is 4. The Morgan fingerprint density at radius 1 is 1.18 bits per heavy atom. The zero-order valence-corrected chi connectivity index (χ0v) is 7.99. The number of carbonyl (C=O) groups excluding carboxylic acids is 1. The number of nitrogens with one attached hydrogen (secondary N) is 1. The lowest BCUT2D eigenvalue weighted by Gasteiger charge is -2.14. The first-order valence-electron chi connectivity index (χ1n) is 4.17. The van der Waals surface area contributed by atoms with Crippen LogP contribution < -0.4 is 5.32 Å². The highest BCUT2D eigenvalue weighted by Crippen LogP contribution is 2.25. The SMILES string of the molecule is O=C(Nc1ccc(F)c(F)c1)C(F)(F)C(F)F. The van der Waals surface area contributed by atoms with E-state index in [4.69, 9.17) is 0 Å². The van der Waals surface area contributed by atoms with Crippen LogP contribution >= 0.6 is 0 Å². The van der Waals surface area contributed by atoms with Gasteiger partial charge in [-0.2, -0.15) is 8.78 Å². The first kappa shape index (κ1) is 13.3. The van der Waals surface area contributed by atoms with Crippen LogP contribution in [0.2, 0.25) is 0 Å². The maximum Gasteiger partial charge on any atom is 0.383 e. The van der Waals surface area contributed by atoms with Crippen LogP contribution in [0, 0.1) is 11.6 Å². The highest BCUT2D eigenvalue weighted by molar-refractivity contribution is 5.96. The summed E-state index contributed by atoms with van der Waals surface area (Å²) in [6, 6.07) is 1.72. The molecule has 1 amide bonds. The third kappa shape index (κ3) is 2.89. The Morgan fingerprint density at radius 2 is 1.76 bits per heavy atom. The van der Waals surface area contributed by atoms with E-state index in [1.54, 1.807) is 0 Å². The van der Waals surface area contributed by atoms with Crippen molar-refractivity contribution in [2.45, 2.75) is 12.3 Å². The number of rotatable bonds is 3. The molecule has 0 saturated heterocycles. The normalized spacial score (nSPS) is 11.7. The Morgan fingerprint density at radius 3 is 2.24 bits per heavy atom. The van der Waals surface area contributed by atoms with Gasteiger partial charge in [0.15, 0.2) is 11.6 Å². The molecule has 0 unspecified atom stereocenters. The largest absolute Gasteiger partial charge is 0.383 e. The van der Waals surface area contributed by atoms with Crippen molar-refractivity contribution in [3.8, 4) is 0 Å². The molecule has 8 heteroatoms. The van der Waals surface area contributed by atoms with Gasteiger partial charge in [0.2, 0.25) is 0 Å². The molecular weight excluding hydrogens is 252 g/mol. The van der Waals surface area contributed by atoms with Crippen LogP contribution in [-0.4, -0.2) is 18.3 Å². The number of halogens is 6. The lowest BCUT2D eigenvalue weighted by atomic mass is 10.2. The van der Waals surface area contributed by atoms with Gasteiger partial charge in [0.1, 0.15) is 0 Å². The molecular formula is C9H5F6NO. The Bertz CT molecular complexity index is 433. The third-order valence-corrected chi connectivity index (χ3v) is 1.75. The van der Waals surface area contributed by atoms with E-state index >= 15 is 0 Å². The Balaban J connectivity index is 2.85. The molecule has 1 N–H and O–H groups in total. The molecule has 0 aliphatic carbocycles. The first-order chi connectivity index (χ1) is 7.75. The van der Waals surface area contributed by atoms with Crippen LogP contribution in [0.5, 0.6) is 0 Å². The number of hydrogen-bond donors (Lipinski definition) is 1. The van der Waals surface area contributed by atoms with Gasteiger partial charge < -0.3 is 5.32 Å². The first-order valence-corrected chi connectivity index (χ1v) is 4.17. The van der Waals surface area contributed by atoms with Crippen LogP contribution in [0.4, 0.5) is 32.0 Å². The van der Waals surface area contributed by atoms with E-state index < -0.39 is 35.6 Å². The van der Waals surface area contributed by atoms with Gasteiger partial charge in [0, 0.05) is 11.8 Å². The highest BCUT2D eigenvalue weighted by atomic mass is 19.3. The molecule has 0 aromatic heterocycles. The van der Waals surface area contributed by atoms with Crippen molar-refractivity contribution in [2.75, 3.05) is 5.32 Å². The Hall–Kier alpha value is -1.73. The van der Waals surface area contributed by atoms with E-state index in [2.05, 4.69) is 0 Å². The van der Waals surface area contributed by atoms with Crippen molar-refractivity contribution in [2.24, 2.45) is 0 Å². The van der Waals surface area contributed by atoms with Gasteiger partial charge in [0.25, 0.3) is 0 Å². The molecule has 0 spiro atoms. The molecule has 0 aliphatic heterocycles. The number of benzene rings is 1. The average Bonchev–Trinajstić information content (AvgIpc) is 2.23. The number of anilines is 1. The van der Waals surface area contributed by atoms with Gasteiger partial charge in [-0.15, -0.1) is 0 Å². The highest BCUT2D eigenvalue weighted by Gasteiger charge is 2.48. The number of hydrogen-bond acceptors (Lipinski definition) is 1. The topological polar surface area (TPSA) is 29.1 Å². The smallest absolute Gasteiger partial charge is 0.321 e. The molecule has 0 fully saturated rings. The van der Waals surface area contributed by atoms with Gasteiger partial charge in [-0.1, -0.05) is 0 Å². The van der Waals surface area contributed by atoms with Gasteiger partial charge in [-0.05, 0) is 12.1 Å². The third-order valence-electron chi connectivity index (χ3n) is 1.75. The van der Waals surface area contributed by atoms with E-state index in [9.17, 15) is 31.1 Å². The second-order valence-corrected chi connectivity index (χ2v) is 3.01. The lowest BCUT2D eigenvalue weighted by Crippen LogP contribution is -2.41. The molecule has 0 aliphatic rings. The summed E-state index contributed by atoms with van der Waals surface area (Å²) in [4.78, 5) is 10.7. The zero-order valence-electron chi connectivity index (χ0n) is 7.99. The minimum absolute atomic E-state index is 0.398. The van der Waals surface area contributed by atoms with Crippen molar-refractivity contribution < 1.29 is 31.1 Å². The van der Waals surface area contributed by atoms with Crippen LogP contribution in [0.3, 0.4) is 0 Å². The van der Waals surface area contributed by atoms with Crippen LogP contribution in [0.1, 0.15) is 0 Å². The Labute approximate surface area is 91.2 Å². The van der Waals surface area contributed by atoms with Gasteiger partial charge >= 0.3 is 18.3 Å². The second kappa shape index (κ2) is 4.64. The summed E-state index contributed by atoms with van der Waals surface area (Å²) in [5.41, 5.74) is -0.547. The summed E-state index contributed by atoms with van der Waals surface area (Å²) in [5, 5.41) is 1.36. The zero-order chi connectivity index (χ0) is 13.2. The van der Waals surface area contributed by atoms with Crippen LogP contribution in [0.25, 0.3) is 0 Å². The molecule has 0 saturated carbocycles. The summed E-state index contributed by atoms with van der Waals surface area (Å²) >= 11 is 0. The molecule has 2 nitrogen and oxygen atoms in total. The summed E-state index contributed by atoms with van der Waals surface area (Å²) < 4.78 is 73.5. The fourth-order valence-electron chi connectivity index (χ4n) is 0.887.